The molecule has 0 spiro atoms. The number of hydrogen-bond acceptors (Lipinski definition) is 4. The lowest BCUT2D eigenvalue weighted by Gasteiger charge is -2.37. The first-order chi connectivity index (χ1) is 14.5. The molecule has 152 valence electrons. The molecule has 1 aliphatic heterocycles. The predicted octanol–water partition coefficient (Wildman–Crippen LogP) is 4.41. The Morgan fingerprint density at radius 1 is 1.13 bits per heavy atom. The number of carbonyl (C=O) groups is 1. The molecule has 0 aliphatic carbocycles. The topological polar surface area (TPSA) is 59.4 Å². The first-order valence-electron chi connectivity index (χ1n) is 9.23. The molecule has 1 atom stereocenters. The molecule has 0 bridgehead atoms. The highest BCUT2D eigenvalue weighted by Crippen LogP contribution is 2.34. The number of nitrogens with zero attached hydrogens (tertiary/aromatic N) is 3. The zero-order chi connectivity index (χ0) is 21.3. The van der Waals surface area contributed by atoms with E-state index in [9.17, 15) is 4.79 Å². The SMILES string of the molecule is COC(=O)C1=C(C)N(c2ccc(Cl)cc2)C(=S)NC1c1ccc(-n2ccnc2)cc1. The monoisotopic (exact) mass is 438 g/mol. The molecule has 0 fully saturated rings. The first-order valence-corrected chi connectivity index (χ1v) is 10.0. The number of allylic oxidation sites excluding steroid dienone is 1. The third kappa shape index (κ3) is 3.69. The molecule has 0 radical (unpaired) electrons. The second-order valence-electron chi connectivity index (χ2n) is 6.75. The minimum Gasteiger partial charge on any atom is -0.466 e. The van der Waals surface area contributed by atoms with Crippen LogP contribution in [-0.4, -0.2) is 27.7 Å². The molecule has 2 aromatic carbocycles. The van der Waals surface area contributed by atoms with Gasteiger partial charge in [0.15, 0.2) is 5.11 Å². The number of carbonyl (C=O) groups excluding carboxylic acids is 1. The molecule has 3 aromatic rings. The van der Waals surface area contributed by atoms with Gasteiger partial charge in [0, 0.05) is 34.5 Å². The molecule has 1 aromatic heterocycles. The molecule has 4 rings (SSSR count). The maximum atomic E-state index is 12.7. The number of benzene rings is 2. The van der Waals surface area contributed by atoms with Crippen molar-refractivity contribution >= 4 is 40.6 Å². The minimum atomic E-state index is -0.426. The van der Waals surface area contributed by atoms with Gasteiger partial charge in [0.2, 0.25) is 0 Å². The van der Waals surface area contributed by atoms with Crippen LogP contribution in [0.15, 0.2) is 78.5 Å². The van der Waals surface area contributed by atoms with Gasteiger partial charge in [-0.3, -0.25) is 4.90 Å². The van der Waals surface area contributed by atoms with Crippen LogP contribution in [0.1, 0.15) is 18.5 Å². The fourth-order valence-corrected chi connectivity index (χ4v) is 4.01. The van der Waals surface area contributed by atoms with Gasteiger partial charge >= 0.3 is 5.97 Å². The van der Waals surface area contributed by atoms with Crippen LogP contribution in [0.5, 0.6) is 0 Å². The molecule has 1 unspecified atom stereocenters. The summed E-state index contributed by atoms with van der Waals surface area (Å²) < 4.78 is 7.00. The molecular weight excluding hydrogens is 420 g/mol. The van der Waals surface area contributed by atoms with Crippen molar-refractivity contribution in [2.24, 2.45) is 0 Å². The average Bonchev–Trinajstić information content (AvgIpc) is 3.29. The third-order valence-electron chi connectivity index (χ3n) is 5.00. The number of imidazole rings is 1. The zero-order valence-electron chi connectivity index (χ0n) is 16.4. The van der Waals surface area contributed by atoms with Crippen LogP contribution in [0.4, 0.5) is 5.69 Å². The number of halogens is 1. The van der Waals surface area contributed by atoms with E-state index in [0.717, 1.165) is 16.9 Å². The Morgan fingerprint density at radius 2 is 1.80 bits per heavy atom. The quantitative estimate of drug-likeness (QED) is 0.481. The van der Waals surface area contributed by atoms with Gasteiger partial charge in [0.25, 0.3) is 0 Å². The van der Waals surface area contributed by atoms with Crippen molar-refractivity contribution in [2.75, 3.05) is 12.0 Å². The molecule has 1 N–H and O–H groups in total. The van der Waals surface area contributed by atoms with E-state index in [1.165, 1.54) is 7.11 Å². The van der Waals surface area contributed by atoms with Crippen LogP contribution in [0.3, 0.4) is 0 Å². The normalized spacial score (nSPS) is 16.4. The number of anilines is 1. The Labute approximate surface area is 184 Å². The van der Waals surface area contributed by atoms with E-state index in [1.807, 2.05) is 59.0 Å². The molecule has 6 nitrogen and oxygen atoms in total. The van der Waals surface area contributed by atoms with Crippen molar-refractivity contribution in [3.8, 4) is 5.69 Å². The van der Waals surface area contributed by atoms with Crippen LogP contribution in [0.25, 0.3) is 5.69 Å². The second kappa shape index (κ2) is 8.30. The van der Waals surface area contributed by atoms with Crippen LogP contribution in [0, 0.1) is 0 Å². The summed E-state index contributed by atoms with van der Waals surface area (Å²) in [5.41, 5.74) is 3.88. The fraction of sp³-hybridized carbons (Fsp3) is 0.136. The molecule has 8 heteroatoms. The summed E-state index contributed by atoms with van der Waals surface area (Å²) in [6.07, 6.45) is 5.33. The number of nitrogens with one attached hydrogen (secondary N) is 1. The molecule has 0 saturated carbocycles. The Hall–Kier alpha value is -3.16. The molecule has 0 saturated heterocycles. The smallest absolute Gasteiger partial charge is 0.337 e. The summed E-state index contributed by atoms with van der Waals surface area (Å²) in [6, 6.07) is 14.7. The number of ether oxygens (including phenoxy) is 1. The highest BCUT2D eigenvalue weighted by atomic mass is 35.5. The lowest BCUT2D eigenvalue weighted by atomic mass is 9.94. The lowest BCUT2D eigenvalue weighted by molar-refractivity contribution is -0.136. The standard InChI is InChI=1S/C22H19ClN4O2S/c1-14-19(21(28)29-2)20(15-3-7-17(8-4-15)26-12-11-24-13-26)25-22(30)27(14)18-9-5-16(23)6-10-18/h3-13,20H,1-2H3,(H,25,30). The van der Waals surface area contributed by atoms with Gasteiger partial charge in [-0.25, -0.2) is 9.78 Å². The molecule has 30 heavy (non-hydrogen) atoms. The summed E-state index contributed by atoms with van der Waals surface area (Å²) >= 11 is 11.7. The predicted molar refractivity (Wildman–Crippen MR) is 121 cm³/mol. The van der Waals surface area contributed by atoms with Gasteiger partial charge in [-0.2, -0.15) is 0 Å². The number of esters is 1. The van der Waals surface area contributed by atoms with Gasteiger partial charge in [0.05, 0.1) is 25.1 Å². The molecule has 1 aliphatic rings. The summed E-state index contributed by atoms with van der Waals surface area (Å²) in [5.74, 6) is -0.412. The van der Waals surface area contributed by atoms with Gasteiger partial charge in [-0.05, 0) is 61.1 Å². The van der Waals surface area contributed by atoms with Crippen molar-refractivity contribution in [3.63, 3.8) is 0 Å². The highest BCUT2D eigenvalue weighted by Gasteiger charge is 2.35. The van der Waals surface area contributed by atoms with E-state index in [4.69, 9.17) is 28.6 Å². The fourth-order valence-electron chi connectivity index (χ4n) is 3.52. The highest BCUT2D eigenvalue weighted by molar-refractivity contribution is 7.80. The van der Waals surface area contributed by atoms with Crippen molar-refractivity contribution in [2.45, 2.75) is 13.0 Å². The van der Waals surface area contributed by atoms with E-state index >= 15 is 0 Å². The van der Waals surface area contributed by atoms with E-state index in [-0.39, 0.29) is 0 Å². The van der Waals surface area contributed by atoms with E-state index in [2.05, 4.69) is 10.3 Å². The van der Waals surface area contributed by atoms with E-state index < -0.39 is 12.0 Å². The number of thiocarbonyl (C=S) groups is 1. The van der Waals surface area contributed by atoms with Crippen LogP contribution in [-0.2, 0) is 9.53 Å². The minimum absolute atomic E-state index is 0.412. The Kier molecular flexibility index (Phi) is 5.57. The van der Waals surface area contributed by atoms with Crippen molar-refractivity contribution < 1.29 is 9.53 Å². The summed E-state index contributed by atoms with van der Waals surface area (Å²) in [5, 5.41) is 4.41. The van der Waals surface area contributed by atoms with Gasteiger partial charge in [-0.1, -0.05) is 23.7 Å². The average molecular weight is 439 g/mol. The molecule has 0 amide bonds. The number of methoxy groups -OCH3 is 1. The zero-order valence-corrected chi connectivity index (χ0v) is 17.9. The van der Waals surface area contributed by atoms with Crippen molar-refractivity contribution in [3.05, 3.63) is 89.1 Å². The number of hydrogen-bond donors (Lipinski definition) is 1. The maximum absolute atomic E-state index is 12.7. The lowest BCUT2D eigenvalue weighted by Crippen LogP contribution is -2.48. The summed E-state index contributed by atoms with van der Waals surface area (Å²) in [7, 11) is 1.38. The van der Waals surface area contributed by atoms with Crippen LogP contribution >= 0.6 is 23.8 Å². The summed E-state index contributed by atoms with van der Waals surface area (Å²) in [6.45, 7) is 1.86. The maximum Gasteiger partial charge on any atom is 0.337 e. The van der Waals surface area contributed by atoms with Crippen molar-refractivity contribution in [1.82, 2.24) is 14.9 Å². The first kappa shape index (κ1) is 20.1. The number of aromatic nitrogens is 2. The second-order valence-corrected chi connectivity index (χ2v) is 7.57. The Balaban J connectivity index is 1.75. The Bertz CT molecular complexity index is 1110. The molecular formula is C22H19ClN4O2S. The van der Waals surface area contributed by atoms with E-state index in [1.54, 1.807) is 24.7 Å². The van der Waals surface area contributed by atoms with Gasteiger partial charge in [0.1, 0.15) is 0 Å². The van der Waals surface area contributed by atoms with Crippen LogP contribution < -0.4 is 10.2 Å². The van der Waals surface area contributed by atoms with Crippen LogP contribution in [0.2, 0.25) is 5.02 Å². The van der Waals surface area contributed by atoms with E-state index in [0.29, 0.717) is 21.4 Å². The summed E-state index contributed by atoms with van der Waals surface area (Å²) in [4.78, 5) is 18.6. The van der Waals surface area contributed by atoms with Gasteiger partial charge < -0.3 is 14.6 Å². The largest absolute Gasteiger partial charge is 0.466 e. The Morgan fingerprint density at radius 3 is 2.40 bits per heavy atom. The third-order valence-corrected chi connectivity index (χ3v) is 5.56. The van der Waals surface area contributed by atoms with Gasteiger partial charge in [-0.15, -0.1) is 0 Å². The number of rotatable bonds is 4. The van der Waals surface area contributed by atoms with Crippen molar-refractivity contribution in [1.29, 1.82) is 0 Å². The molecule has 2 heterocycles.